The van der Waals surface area contributed by atoms with Gasteiger partial charge in [0, 0.05) is 11.4 Å². The minimum Gasteiger partial charge on any atom is -0.494 e. The van der Waals surface area contributed by atoms with E-state index in [9.17, 15) is 9.59 Å². The molecule has 0 radical (unpaired) electrons. The Kier molecular flexibility index (Phi) is 5.08. The van der Waals surface area contributed by atoms with Crippen molar-refractivity contribution in [2.24, 2.45) is 0 Å². The Morgan fingerprint density at radius 2 is 2.00 bits per heavy atom. The van der Waals surface area contributed by atoms with Crippen molar-refractivity contribution in [2.45, 2.75) is 27.7 Å². The van der Waals surface area contributed by atoms with E-state index in [1.54, 1.807) is 24.4 Å². The third kappa shape index (κ3) is 3.22. The van der Waals surface area contributed by atoms with Crippen LogP contribution in [0.5, 0.6) is 5.75 Å². The summed E-state index contributed by atoms with van der Waals surface area (Å²) >= 11 is 1.40. The Morgan fingerprint density at radius 1 is 1.23 bits per heavy atom. The monoisotopic (exact) mass is 373 g/mol. The number of carbonyl (C=O) groups excluding carboxylic acids is 1. The van der Waals surface area contributed by atoms with Gasteiger partial charge in [0.05, 0.1) is 34.9 Å². The van der Waals surface area contributed by atoms with Gasteiger partial charge in [-0.15, -0.1) is 11.3 Å². The fraction of sp³-hybridized carbons (Fsp3) is 0.316. The first-order chi connectivity index (χ1) is 12.5. The molecule has 1 aromatic carbocycles. The van der Waals surface area contributed by atoms with Crippen LogP contribution in [-0.4, -0.2) is 24.2 Å². The van der Waals surface area contributed by atoms with Crippen molar-refractivity contribution in [1.29, 1.82) is 0 Å². The fourth-order valence-electron chi connectivity index (χ4n) is 2.78. The molecule has 6 nitrogen and oxygen atoms in total. The van der Waals surface area contributed by atoms with Gasteiger partial charge in [-0.05, 0) is 39.3 Å². The maximum Gasteiger partial charge on any atom is 0.375 e. The van der Waals surface area contributed by atoms with E-state index in [-0.39, 0.29) is 28.9 Å². The fourth-order valence-corrected chi connectivity index (χ4v) is 3.39. The highest BCUT2D eigenvalue weighted by Crippen LogP contribution is 2.30. The summed E-state index contributed by atoms with van der Waals surface area (Å²) in [5, 5.41) is 2.93. The van der Waals surface area contributed by atoms with Gasteiger partial charge >= 0.3 is 5.97 Å². The molecule has 0 saturated carbocycles. The Labute approximate surface area is 154 Å². The first kappa shape index (κ1) is 18.1. The number of esters is 1. The maximum atomic E-state index is 13.2. The molecule has 7 heteroatoms. The summed E-state index contributed by atoms with van der Waals surface area (Å²) in [6.45, 7) is 7.86. The SMILES string of the molecule is CCOC(=O)c1oc2cc(OCC)cc(C)c2c(=O)c1-c1csc(C)n1. The van der Waals surface area contributed by atoms with Crippen LogP contribution in [0.1, 0.15) is 35.0 Å². The average Bonchev–Trinajstić information content (AvgIpc) is 3.00. The van der Waals surface area contributed by atoms with Crippen LogP contribution >= 0.6 is 11.3 Å². The second kappa shape index (κ2) is 7.29. The Balaban J connectivity index is 2.36. The van der Waals surface area contributed by atoms with Crippen molar-refractivity contribution in [2.75, 3.05) is 13.2 Å². The van der Waals surface area contributed by atoms with Crippen LogP contribution in [-0.2, 0) is 4.74 Å². The second-order valence-corrected chi connectivity index (χ2v) is 6.72. The molecular formula is C19H19NO5S. The number of aromatic nitrogens is 1. The molecule has 0 N–H and O–H groups in total. The molecule has 2 heterocycles. The third-order valence-corrected chi connectivity index (χ3v) is 4.59. The van der Waals surface area contributed by atoms with E-state index in [1.807, 2.05) is 20.8 Å². The van der Waals surface area contributed by atoms with Crippen LogP contribution in [0.3, 0.4) is 0 Å². The van der Waals surface area contributed by atoms with Gasteiger partial charge in [-0.2, -0.15) is 0 Å². The lowest BCUT2D eigenvalue weighted by molar-refractivity contribution is 0.0492. The van der Waals surface area contributed by atoms with Gasteiger partial charge in [-0.25, -0.2) is 9.78 Å². The number of thiazole rings is 1. The van der Waals surface area contributed by atoms with E-state index >= 15 is 0 Å². The van der Waals surface area contributed by atoms with Gasteiger partial charge in [0.2, 0.25) is 11.2 Å². The lowest BCUT2D eigenvalue weighted by Gasteiger charge is -2.11. The highest BCUT2D eigenvalue weighted by Gasteiger charge is 2.25. The number of hydrogen-bond donors (Lipinski definition) is 0. The van der Waals surface area contributed by atoms with Crippen LogP contribution in [0, 0.1) is 13.8 Å². The molecule has 0 aliphatic heterocycles. The summed E-state index contributed by atoms with van der Waals surface area (Å²) in [4.78, 5) is 30.0. The van der Waals surface area contributed by atoms with Crippen molar-refractivity contribution in [1.82, 2.24) is 4.98 Å². The zero-order valence-electron chi connectivity index (χ0n) is 15.0. The van der Waals surface area contributed by atoms with E-state index in [0.717, 1.165) is 5.01 Å². The minimum absolute atomic E-state index is 0.132. The zero-order chi connectivity index (χ0) is 18.8. The van der Waals surface area contributed by atoms with E-state index in [1.165, 1.54) is 11.3 Å². The number of rotatable bonds is 5. The summed E-state index contributed by atoms with van der Waals surface area (Å²) in [5.41, 5.74) is 1.24. The van der Waals surface area contributed by atoms with Crippen LogP contribution in [0.4, 0.5) is 0 Å². The second-order valence-electron chi connectivity index (χ2n) is 5.65. The summed E-state index contributed by atoms with van der Waals surface area (Å²) < 4.78 is 16.4. The number of ether oxygens (including phenoxy) is 2. The Bertz CT molecular complexity index is 1030. The molecule has 0 bridgehead atoms. The van der Waals surface area contributed by atoms with Gasteiger partial charge in [0.25, 0.3) is 0 Å². The predicted molar refractivity (Wildman–Crippen MR) is 100 cm³/mol. The highest BCUT2D eigenvalue weighted by molar-refractivity contribution is 7.09. The van der Waals surface area contributed by atoms with E-state index in [2.05, 4.69) is 4.98 Å². The highest BCUT2D eigenvalue weighted by atomic mass is 32.1. The topological polar surface area (TPSA) is 78.6 Å². The normalized spacial score (nSPS) is 10.9. The first-order valence-corrected chi connectivity index (χ1v) is 9.18. The zero-order valence-corrected chi connectivity index (χ0v) is 15.9. The number of hydrogen-bond acceptors (Lipinski definition) is 7. The molecule has 3 rings (SSSR count). The lowest BCUT2D eigenvalue weighted by atomic mass is 10.0. The Morgan fingerprint density at radius 3 is 2.62 bits per heavy atom. The summed E-state index contributed by atoms with van der Waals surface area (Å²) in [6.07, 6.45) is 0. The number of aryl methyl sites for hydroxylation is 2. The molecule has 0 spiro atoms. The van der Waals surface area contributed by atoms with Crippen LogP contribution in [0.25, 0.3) is 22.2 Å². The van der Waals surface area contributed by atoms with E-state index in [4.69, 9.17) is 13.9 Å². The molecule has 0 amide bonds. The van der Waals surface area contributed by atoms with Gasteiger partial charge in [0.15, 0.2) is 0 Å². The van der Waals surface area contributed by atoms with E-state index in [0.29, 0.717) is 29.0 Å². The van der Waals surface area contributed by atoms with Crippen molar-refractivity contribution >= 4 is 28.3 Å². The van der Waals surface area contributed by atoms with Crippen molar-refractivity contribution in [3.8, 4) is 17.0 Å². The molecule has 26 heavy (non-hydrogen) atoms. The maximum absolute atomic E-state index is 13.2. The molecular weight excluding hydrogens is 354 g/mol. The molecule has 0 saturated heterocycles. The minimum atomic E-state index is -0.688. The van der Waals surface area contributed by atoms with E-state index < -0.39 is 5.97 Å². The summed E-state index contributed by atoms with van der Waals surface area (Å²) in [7, 11) is 0. The van der Waals surface area contributed by atoms with Crippen molar-refractivity contribution in [3.05, 3.63) is 44.1 Å². The van der Waals surface area contributed by atoms with Gasteiger partial charge in [-0.3, -0.25) is 4.79 Å². The largest absolute Gasteiger partial charge is 0.494 e. The molecule has 0 fully saturated rings. The van der Waals surface area contributed by atoms with Crippen LogP contribution in [0.2, 0.25) is 0 Å². The predicted octanol–water partition coefficient (Wildman–Crippen LogP) is 4.11. The Hall–Kier alpha value is -2.67. The smallest absolute Gasteiger partial charge is 0.375 e. The van der Waals surface area contributed by atoms with Crippen molar-refractivity contribution in [3.63, 3.8) is 0 Å². The van der Waals surface area contributed by atoms with Crippen molar-refractivity contribution < 1.29 is 18.7 Å². The number of carbonyl (C=O) groups is 1. The molecule has 0 aliphatic carbocycles. The molecule has 2 aromatic heterocycles. The quantitative estimate of drug-likeness (QED) is 0.626. The number of fused-ring (bicyclic) bond motifs is 1. The molecule has 0 atom stereocenters. The van der Waals surface area contributed by atoms with Gasteiger partial charge < -0.3 is 13.9 Å². The lowest BCUT2D eigenvalue weighted by Crippen LogP contribution is -2.16. The summed E-state index contributed by atoms with van der Waals surface area (Å²) in [5.74, 6) is -0.248. The average molecular weight is 373 g/mol. The standard InChI is InChI=1S/C19H19NO5S/c1-5-23-12-7-10(3)15-14(8-12)25-18(19(22)24-6-2)16(17(15)21)13-9-26-11(4)20-13/h7-9H,5-6H2,1-4H3. The molecule has 0 unspecified atom stereocenters. The molecule has 0 aliphatic rings. The molecule has 3 aromatic rings. The van der Waals surface area contributed by atoms with Crippen LogP contribution < -0.4 is 10.2 Å². The number of benzene rings is 1. The number of nitrogens with zero attached hydrogens (tertiary/aromatic N) is 1. The first-order valence-electron chi connectivity index (χ1n) is 8.30. The van der Waals surface area contributed by atoms with Crippen LogP contribution in [0.15, 0.2) is 26.7 Å². The molecule has 136 valence electrons. The van der Waals surface area contributed by atoms with Gasteiger partial charge in [0.1, 0.15) is 11.3 Å². The third-order valence-electron chi connectivity index (χ3n) is 3.81. The van der Waals surface area contributed by atoms with Gasteiger partial charge in [-0.1, -0.05) is 0 Å². The summed E-state index contributed by atoms with van der Waals surface area (Å²) in [6, 6.07) is 3.40.